The summed E-state index contributed by atoms with van der Waals surface area (Å²) in [5.41, 5.74) is 14.6. The summed E-state index contributed by atoms with van der Waals surface area (Å²) in [5.74, 6) is 0. The second-order valence-electron chi connectivity index (χ2n) is 18.0. The molecule has 13 aromatic rings. The molecule has 13 aromatic carbocycles. The quantitative estimate of drug-likeness (QED) is 0.111. The molecule has 0 radical (unpaired) electrons. The molecule has 316 valence electrons. The second-order valence-corrected chi connectivity index (χ2v) is 18.0. The molecule has 0 heteroatoms. The summed E-state index contributed by atoms with van der Waals surface area (Å²) in [4.78, 5) is 0. The van der Waals surface area contributed by atoms with E-state index >= 15 is 0 Å². The molecule has 0 atom stereocenters. The van der Waals surface area contributed by atoms with Crippen LogP contribution in [0, 0.1) is 0 Å². The Morgan fingerprint density at radius 1 is 0.176 bits per heavy atom. The van der Waals surface area contributed by atoms with Crippen LogP contribution in [0.15, 0.2) is 255 Å². The van der Waals surface area contributed by atoms with Crippen molar-refractivity contribution in [1.29, 1.82) is 0 Å². The van der Waals surface area contributed by atoms with Crippen LogP contribution >= 0.6 is 0 Å². The highest BCUT2D eigenvalue weighted by molar-refractivity contribution is 6.24. The van der Waals surface area contributed by atoms with Gasteiger partial charge in [-0.15, -0.1) is 0 Å². The molecule has 0 unspecified atom stereocenters. The van der Waals surface area contributed by atoms with Crippen LogP contribution < -0.4 is 0 Å². The van der Waals surface area contributed by atoms with Gasteiger partial charge in [-0.2, -0.15) is 0 Å². The van der Waals surface area contributed by atoms with E-state index in [1.807, 2.05) is 0 Å². The van der Waals surface area contributed by atoms with E-state index in [1.54, 1.807) is 0 Å². The van der Waals surface area contributed by atoms with Crippen LogP contribution in [0.25, 0.3) is 132 Å². The van der Waals surface area contributed by atoms with Crippen molar-refractivity contribution in [2.24, 2.45) is 0 Å². The maximum Gasteiger partial charge on any atom is -0.00259 e. The lowest BCUT2D eigenvalue weighted by Gasteiger charge is -2.20. The van der Waals surface area contributed by atoms with Crippen molar-refractivity contribution in [3.63, 3.8) is 0 Å². The molecule has 0 saturated heterocycles. The van der Waals surface area contributed by atoms with Crippen LogP contribution in [0.2, 0.25) is 0 Å². The molecular formula is C68H44. The Kier molecular flexibility index (Phi) is 9.62. The number of fused-ring (bicyclic) bond motifs is 6. The maximum absolute atomic E-state index is 2.45. The highest BCUT2D eigenvalue weighted by Crippen LogP contribution is 2.48. The van der Waals surface area contributed by atoms with Crippen molar-refractivity contribution in [2.75, 3.05) is 0 Å². The molecule has 0 spiro atoms. The van der Waals surface area contributed by atoms with Gasteiger partial charge in [0.25, 0.3) is 0 Å². The van der Waals surface area contributed by atoms with E-state index < -0.39 is 0 Å². The first-order valence-electron chi connectivity index (χ1n) is 23.6. The zero-order chi connectivity index (χ0) is 45.0. The summed E-state index contributed by atoms with van der Waals surface area (Å²) in [6.07, 6.45) is 4.41. The topological polar surface area (TPSA) is 0 Å². The summed E-state index contributed by atoms with van der Waals surface area (Å²) in [6, 6.07) is 94.0. The molecule has 0 bridgehead atoms. The Labute approximate surface area is 396 Å². The lowest BCUT2D eigenvalue weighted by Crippen LogP contribution is -1.93. The fraction of sp³-hybridized carbons (Fsp3) is 0. The normalized spacial score (nSPS) is 11.8. The minimum absolute atomic E-state index is 1.17. The minimum atomic E-state index is 1.17. The molecule has 13 rings (SSSR count). The lowest BCUT2D eigenvalue weighted by molar-refractivity contribution is 1.62. The van der Waals surface area contributed by atoms with Gasteiger partial charge in [-0.05, 0) is 162 Å². The van der Waals surface area contributed by atoms with Gasteiger partial charge in [0.05, 0.1) is 0 Å². The number of hydrogen-bond acceptors (Lipinski definition) is 0. The average molecular weight is 861 g/mol. The predicted octanol–water partition coefficient (Wildman–Crippen LogP) is 19.1. The van der Waals surface area contributed by atoms with Crippen molar-refractivity contribution >= 4 is 76.8 Å². The van der Waals surface area contributed by atoms with Gasteiger partial charge >= 0.3 is 0 Å². The first kappa shape index (κ1) is 39.5. The number of hydrogen-bond donors (Lipinski definition) is 0. The zero-order valence-electron chi connectivity index (χ0n) is 37.4. The van der Waals surface area contributed by atoms with Crippen molar-refractivity contribution < 1.29 is 0 Å². The summed E-state index contributed by atoms with van der Waals surface area (Å²) in [5, 5.41) is 14.9. The molecule has 0 N–H and O–H groups in total. The van der Waals surface area contributed by atoms with Gasteiger partial charge in [-0.1, -0.05) is 237 Å². The highest BCUT2D eigenvalue weighted by atomic mass is 14.2. The van der Waals surface area contributed by atoms with Crippen LogP contribution in [0.3, 0.4) is 0 Å². The third kappa shape index (κ3) is 6.86. The van der Waals surface area contributed by atoms with E-state index in [-0.39, 0.29) is 0 Å². The second kappa shape index (κ2) is 16.5. The van der Waals surface area contributed by atoms with E-state index in [4.69, 9.17) is 0 Å². The van der Waals surface area contributed by atoms with Crippen molar-refractivity contribution in [1.82, 2.24) is 0 Å². The van der Waals surface area contributed by atoms with E-state index in [2.05, 4.69) is 267 Å². The first-order valence-corrected chi connectivity index (χ1v) is 23.6. The minimum Gasteiger partial charge on any atom is -0.0622 e. The van der Waals surface area contributed by atoms with Gasteiger partial charge in [-0.3, -0.25) is 0 Å². The Hall–Kier alpha value is -8.84. The molecule has 0 aromatic heterocycles. The monoisotopic (exact) mass is 860 g/mol. The van der Waals surface area contributed by atoms with E-state index in [9.17, 15) is 0 Å². The van der Waals surface area contributed by atoms with E-state index in [0.717, 1.165) is 0 Å². The lowest BCUT2D eigenvalue weighted by atomic mass is 9.83. The first-order chi connectivity index (χ1) is 33.7. The largest absolute Gasteiger partial charge is 0.0622 e. The molecule has 0 nitrogen and oxygen atoms in total. The standard InChI is InChI=1S/C68H44/c1-2-16-45(17-3-1)32-33-46-18-14-24-53(40-46)65-57-26-8-10-28-59(57)66(60-29-11-9-27-58(60)65)54-25-15-23-51(43-54)52-38-39-63-64(44-52)68(56-37-35-48-20-5-7-22-50(48)42-56)62-31-13-12-30-61(62)67(63)55-36-34-47-19-4-6-21-49(47)41-55/h1-44H. The summed E-state index contributed by atoms with van der Waals surface area (Å²) >= 11 is 0. The van der Waals surface area contributed by atoms with Gasteiger partial charge < -0.3 is 0 Å². The Morgan fingerprint density at radius 2 is 0.529 bits per heavy atom. The van der Waals surface area contributed by atoms with E-state index in [0.29, 0.717) is 0 Å². The Balaban J connectivity index is 1.01. The molecule has 0 saturated carbocycles. The van der Waals surface area contributed by atoms with Crippen LogP contribution in [-0.4, -0.2) is 0 Å². The molecular weight excluding hydrogens is 817 g/mol. The van der Waals surface area contributed by atoms with Crippen molar-refractivity contribution in [3.8, 4) is 55.6 Å². The zero-order valence-corrected chi connectivity index (χ0v) is 37.4. The third-order valence-electron chi connectivity index (χ3n) is 14.0. The molecule has 68 heavy (non-hydrogen) atoms. The van der Waals surface area contributed by atoms with Gasteiger partial charge in [0.15, 0.2) is 0 Å². The van der Waals surface area contributed by atoms with E-state index in [1.165, 1.54) is 131 Å². The van der Waals surface area contributed by atoms with Crippen molar-refractivity contribution in [2.45, 2.75) is 0 Å². The van der Waals surface area contributed by atoms with Crippen LogP contribution in [0.1, 0.15) is 11.1 Å². The van der Waals surface area contributed by atoms with Crippen LogP contribution in [0.4, 0.5) is 0 Å². The highest BCUT2D eigenvalue weighted by Gasteiger charge is 2.20. The fourth-order valence-corrected chi connectivity index (χ4v) is 10.8. The summed E-state index contributed by atoms with van der Waals surface area (Å²) in [6.45, 7) is 0. The van der Waals surface area contributed by atoms with Crippen LogP contribution in [0.5, 0.6) is 0 Å². The van der Waals surface area contributed by atoms with Gasteiger partial charge in [0.1, 0.15) is 0 Å². The Morgan fingerprint density at radius 3 is 1.07 bits per heavy atom. The molecule has 0 amide bonds. The average Bonchev–Trinajstić information content (AvgIpc) is 3.41. The summed E-state index contributed by atoms with van der Waals surface area (Å²) in [7, 11) is 0. The number of benzene rings is 13. The van der Waals surface area contributed by atoms with Crippen LogP contribution in [-0.2, 0) is 0 Å². The molecule has 0 aliphatic rings. The maximum atomic E-state index is 2.45. The molecule has 0 aliphatic heterocycles. The Bertz CT molecular complexity index is 4080. The van der Waals surface area contributed by atoms with Crippen molar-refractivity contribution in [3.05, 3.63) is 266 Å². The van der Waals surface area contributed by atoms with Gasteiger partial charge in [0, 0.05) is 0 Å². The third-order valence-corrected chi connectivity index (χ3v) is 14.0. The predicted molar refractivity (Wildman–Crippen MR) is 294 cm³/mol. The van der Waals surface area contributed by atoms with Gasteiger partial charge in [-0.25, -0.2) is 0 Å². The summed E-state index contributed by atoms with van der Waals surface area (Å²) < 4.78 is 0. The molecule has 0 heterocycles. The fourth-order valence-electron chi connectivity index (χ4n) is 10.8. The molecule has 0 aliphatic carbocycles. The smallest absolute Gasteiger partial charge is 0.00259 e. The number of rotatable bonds is 7. The molecule has 0 fully saturated rings. The SMILES string of the molecule is C(=Cc1cccc(-c2c3ccccc3c(-c3cccc(-c4ccc5c(-c6ccc7ccccc7c6)c6ccccc6c(-c6ccc7ccccc7c6)c5c4)c3)c3ccccc23)c1)c1ccccc1. The van der Waals surface area contributed by atoms with Gasteiger partial charge in [0.2, 0.25) is 0 Å².